The average molecular weight is 349 g/mol. The number of nitrogens with zero attached hydrogens (tertiary/aromatic N) is 1. The number of fused-ring (bicyclic) bond motifs is 1. The van der Waals surface area contributed by atoms with Crippen LogP contribution in [0.4, 0.5) is 14.9 Å². The summed E-state index contributed by atoms with van der Waals surface area (Å²) < 4.78 is 18.9. The highest BCUT2D eigenvalue weighted by atomic mass is 19.1. The molecule has 0 fully saturated rings. The molecule has 0 radical (unpaired) electrons. The molecule has 1 heterocycles. The van der Waals surface area contributed by atoms with Gasteiger partial charge in [0.2, 0.25) is 0 Å². The van der Waals surface area contributed by atoms with Gasteiger partial charge in [-0.2, -0.15) is 0 Å². The Morgan fingerprint density at radius 1 is 1.12 bits per heavy atom. The first-order valence-electron chi connectivity index (χ1n) is 7.95. The highest BCUT2D eigenvalue weighted by molar-refractivity contribution is 5.89. The first kappa shape index (κ1) is 17.2. The van der Waals surface area contributed by atoms with Crippen LogP contribution in [0, 0.1) is 17.7 Å². The van der Waals surface area contributed by atoms with E-state index in [1.54, 1.807) is 18.3 Å². The summed E-state index contributed by atoms with van der Waals surface area (Å²) in [5.74, 6) is 5.75. The number of ether oxygens (including phenoxy) is 1. The third-order valence-electron chi connectivity index (χ3n) is 3.47. The van der Waals surface area contributed by atoms with E-state index < -0.39 is 11.8 Å². The summed E-state index contributed by atoms with van der Waals surface area (Å²) in [5.41, 5.74) is 0.968. The number of halogens is 1. The van der Waals surface area contributed by atoms with Gasteiger partial charge >= 0.3 is 6.03 Å². The van der Waals surface area contributed by atoms with E-state index in [0.717, 1.165) is 10.9 Å². The van der Waals surface area contributed by atoms with E-state index in [4.69, 9.17) is 4.74 Å². The molecule has 26 heavy (non-hydrogen) atoms. The predicted octanol–water partition coefficient (Wildman–Crippen LogP) is 3.58. The number of hydrogen-bond acceptors (Lipinski definition) is 3. The first-order valence-corrected chi connectivity index (χ1v) is 7.95. The molecule has 0 saturated heterocycles. The molecule has 5 nitrogen and oxygen atoms in total. The zero-order valence-electron chi connectivity index (χ0n) is 13.8. The number of urea groups is 1. The lowest BCUT2D eigenvalue weighted by Gasteiger charge is -2.05. The second kappa shape index (κ2) is 8.49. The Labute approximate surface area is 150 Å². The average Bonchev–Trinajstić information content (AvgIpc) is 2.66. The number of anilines is 1. The molecular formula is C20H16FN3O2. The van der Waals surface area contributed by atoms with Crippen molar-refractivity contribution in [2.24, 2.45) is 0 Å². The minimum atomic E-state index is -0.522. The van der Waals surface area contributed by atoms with Crippen molar-refractivity contribution in [2.45, 2.75) is 0 Å². The van der Waals surface area contributed by atoms with Gasteiger partial charge in [0.1, 0.15) is 18.2 Å². The zero-order chi connectivity index (χ0) is 18.2. The standard InChI is InChI=1S/C20H16FN3O2/c21-17-7-1-2-8-18(17)24-20(25)23-11-3-4-13-26-16-10-9-15-6-5-12-22-19(15)14-16/h1-2,5-10,12,14H,11,13H2,(H2,23,24,25). The van der Waals surface area contributed by atoms with Crippen molar-refractivity contribution in [1.82, 2.24) is 10.3 Å². The number of pyridine rings is 1. The summed E-state index contributed by atoms with van der Waals surface area (Å²) in [6.45, 7) is 0.317. The largest absolute Gasteiger partial charge is 0.481 e. The summed E-state index contributed by atoms with van der Waals surface area (Å²) in [5, 5.41) is 5.98. The maximum atomic E-state index is 13.4. The normalized spacial score (nSPS) is 9.88. The lowest BCUT2D eigenvalue weighted by molar-refractivity contribution is 0.253. The highest BCUT2D eigenvalue weighted by Gasteiger charge is 2.04. The molecule has 130 valence electrons. The Morgan fingerprint density at radius 3 is 2.88 bits per heavy atom. The molecule has 0 aliphatic rings. The number of carbonyl (C=O) groups is 1. The van der Waals surface area contributed by atoms with Gasteiger partial charge in [0.25, 0.3) is 0 Å². The van der Waals surface area contributed by atoms with Crippen molar-refractivity contribution in [3.05, 3.63) is 66.6 Å². The van der Waals surface area contributed by atoms with Crippen molar-refractivity contribution >= 4 is 22.6 Å². The summed E-state index contributed by atoms with van der Waals surface area (Å²) in [4.78, 5) is 15.9. The summed E-state index contributed by atoms with van der Waals surface area (Å²) in [7, 11) is 0. The predicted molar refractivity (Wildman–Crippen MR) is 98.4 cm³/mol. The Balaban J connectivity index is 1.42. The SMILES string of the molecule is O=C(NCC#CCOc1ccc2cccnc2c1)Nc1ccccc1F. The molecular weight excluding hydrogens is 333 g/mol. The maximum Gasteiger partial charge on any atom is 0.320 e. The van der Waals surface area contributed by atoms with E-state index in [1.165, 1.54) is 12.1 Å². The Kier molecular flexibility index (Phi) is 5.63. The molecule has 2 N–H and O–H groups in total. The number of carbonyl (C=O) groups excluding carboxylic acids is 1. The monoisotopic (exact) mass is 349 g/mol. The van der Waals surface area contributed by atoms with Crippen LogP contribution in [-0.4, -0.2) is 24.2 Å². The number of rotatable bonds is 4. The minimum Gasteiger partial charge on any atom is -0.481 e. The van der Waals surface area contributed by atoms with Gasteiger partial charge in [0.05, 0.1) is 17.7 Å². The summed E-state index contributed by atoms with van der Waals surface area (Å²) >= 11 is 0. The number of nitrogens with one attached hydrogen (secondary N) is 2. The van der Waals surface area contributed by atoms with Crippen LogP contribution in [0.25, 0.3) is 10.9 Å². The van der Waals surface area contributed by atoms with Crippen LogP contribution < -0.4 is 15.4 Å². The molecule has 2 aromatic carbocycles. The van der Waals surface area contributed by atoms with Crippen LogP contribution >= 0.6 is 0 Å². The third kappa shape index (κ3) is 4.71. The van der Waals surface area contributed by atoms with E-state index in [9.17, 15) is 9.18 Å². The minimum absolute atomic E-state index is 0.117. The number of para-hydroxylation sites is 1. The molecule has 0 atom stereocenters. The highest BCUT2D eigenvalue weighted by Crippen LogP contribution is 2.18. The molecule has 0 aliphatic carbocycles. The van der Waals surface area contributed by atoms with Gasteiger partial charge in [-0.15, -0.1) is 0 Å². The lowest BCUT2D eigenvalue weighted by atomic mass is 10.2. The first-order chi connectivity index (χ1) is 12.7. The van der Waals surface area contributed by atoms with E-state index in [-0.39, 0.29) is 18.8 Å². The van der Waals surface area contributed by atoms with Crippen LogP contribution in [0.3, 0.4) is 0 Å². The fourth-order valence-electron chi connectivity index (χ4n) is 2.22. The number of amides is 2. The fourth-order valence-corrected chi connectivity index (χ4v) is 2.22. The Bertz CT molecular complexity index is 979. The van der Waals surface area contributed by atoms with Gasteiger partial charge in [-0.25, -0.2) is 9.18 Å². The Morgan fingerprint density at radius 2 is 2.00 bits per heavy atom. The number of aromatic nitrogens is 1. The molecule has 3 rings (SSSR count). The van der Waals surface area contributed by atoms with Gasteiger partial charge in [-0.1, -0.05) is 30.0 Å². The van der Waals surface area contributed by atoms with E-state index in [1.807, 2.05) is 30.3 Å². The smallest absolute Gasteiger partial charge is 0.320 e. The van der Waals surface area contributed by atoms with E-state index in [2.05, 4.69) is 27.5 Å². The fraction of sp³-hybridized carbons (Fsp3) is 0.100. The van der Waals surface area contributed by atoms with Crippen LogP contribution in [0.1, 0.15) is 0 Å². The third-order valence-corrected chi connectivity index (χ3v) is 3.47. The second-order valence-electron chi connectivity index (χ2n) is 5.29. The summed E-state index contributed by atoms with van der Waals surface area (Å²) in [6, 6.07) is 14.9. The van der Waals surface area contributed by atoms with Crippen molar-refractivity contribution in [3.8, 4) is 17.6 Å². The van der Waals surface area contributed by atoms with Crippen molar-refractivity contribution in [3.63, 3.8) is 0 Å². The second-order valence-corrected chi connectivity index (χ2v) is 5.29. The van der Waals surface area contributed by atoms with Crippen molar-refractivity contribution in [2.75, 3.05) is 18.5 Å². The number of hydrogen-bond donors (Lipinski definition) is 2. The van der Waals surface area contributed by atoms with Crippen molar-refractivity contribution in [1.29, 1.82) is 0 Å². The number of benzene rings is 2. The molecule has 0 aliphatic heterocycles. The van der Waals surface area contributed by atoms with E-state index >= 15 is 0 Å². The maximum absolute atomic E-state index is 13.4. The molecule has 3 aromatic rings. The zero-order valence-corrected chi connectivity index (χ0v) is 13.8. The van der Waals surface area contributed by atoms with Crippen LogP contribution in [0.2, 0.25) is 0 Å². The lowest BCUT2D eigenvalue weighted by Crippen LogP contribution is -2.29. The molecule has 1 aromatic heterocycles. The van der Waals surface area contributed by atoms with Crippen LogP contribution in [0.5, 0.6) is 5.75 Å². The van der Waals surface area contributed by atoms with Crippen LogP contribution in [-0.2, 0) is 0 Å². The Hall–Kier alpha value is -3.59. The molecule has 0 saturated carbocycles. The topological polar surface area (TPSA) is 63.2 Å². The molecule has 0 unspecified atom stereocenters. The molecule has 0 bridgehead atoms. The van der Waals surface area contributed by atoms with Gasteiger partial charge in [-0.3, -0.25) is 4.98 Å². The van der Waals surface area contributed by atoms with E-state index in [0.29, 0.717) is 5.75 Å². The van der Waals surface area contributed by atoms with Crippen molar-refractivity contribution < 1.29 is 13.9 Å². The summed E-state index contributed by atoms with van der Waals surface area (Å²) in [6.07, 6.45) is 1.73. The van der Waals surface area contributed by atoms with Gasteiger partial charge in [0, 0.05) is 17.6 Å². The van der Waals surface area contributed by atoms with Crippen LogP contribution in [0.15, 0.2) is 60.8 Å². The molecule has 0 spiro atoms. The van der Waals surface area contributed by atoms with Gasteiger partial charge in [-0.05, 0) is 30.3 Å². The quantitative estimate of drug-likeness (QED) is 0.708. The molecule has 2 amide bonds. The molecule has 6 heteroatoms. The van der Waals surface area contributed by atoms with Gasteiger partial charge < -0.3 is 15.4 Å². The van der Waals surface area contributed by atoms with Gasteiger partial charge in [0.15, 0.2) is 0 Å².